The molecule has 4 N–H and O–H groups in total. The van der Waals surface area contributed by atoms with Gasteiger partial charge in [0.05, 0.1) is 6.42 Å². The second-order valence-corrected chi connectivity index (χ2v) is 5.45. The molecule has 1 rings (SSSR count). The first-order valence-corrected chi connectivity index (χ1v) is 6.25. The van der Waals surface area contributed by atoms with E-state index in [9.17, 15) is 9.59 Å². The van der Waals surface area contributed by atoms with Crippen molar-refractivity contribution in [1.29, 1.82) is 0 Å². The monoisotopic (exact) mass is 280 g/mol. The molecule has 0 heterocycles. The van der Waals surface area contributed by atoms with Gasteiger partial charge in [-0.1, -0.05) is 12.1 Å². The molecule has 110 valence electrons. The van der Waals surface area contributed by atoms with E-state index in [2.05, 4.69) is 5.32 Å². The maximum Gasteiger partial charge on any atom is 0.412 e. The Morgan fingerprint density at radius 1 is 1.30 bits per heavy atom. The van der Waals surface area contributed by atoms with Crippen molar-refractivity contribution in [3.05, 3.63) is 29.8 Å². The molecule has 0 aliphatic heterocycles. The topological polar surface area (TPSA) is 102 Å². The second kappa shape index (κ2) is 6.38. The molecule has 1 aromatic rings. The normalized spacial score (nSPS) is 12.6. The van der Waals surface area contributed by atoms with Gasteiger partial charge in [-0.15, -0.1) is 0 Å². The summed E-state index contributed by atoms with van der Waals surface area (Å²) in [5.41, 5.74) is 6.43. The lowest BCUT2D eigenvalue weighted by atomic mass is 10.0. The quantitative estimate of drug-likeness (QED) is 0.786. The van der Waals surface area contributed by atoms with Gasteiger partial charge in [0.2, 0.25) is 0 Å². The van der Waals surface area contributed by atoms with Crippen LogP contribution in [0.1, 0.15) is 38.8 Å². The predicted molar refractivity (Wildman–Crippen MR) is 75.5 cm³/mol. The van der Waals surface area contributed by atoms with Gasteiger partial charge in [0.25, 0.3) is 0 Å². The summed E-state index contributed by atoms with van der Waals surface area (Å²) in [7, 11) is 0. The summed E-state index contributed by atoms with van der Waals surface area (Å²) in [5, 5.41) is 11.3. The lowest BCUT2D eigenvalue weighted by Crippen LogP contribution is -2.27. The van der Waals surface area contributed by atoms with Gasteiger partial charge in [-0.2, -0.15) is 0 Å². The zero-order valence-electron chi connectivity index (χ0n) is 11.8. The number of carboxylic acid groups (broad SMARTS) is 1. The van der Waals surface area contributed by atoms with E-state index < -0.39 is 23.7 Å². The molecular formula is C14H20N2O4. The highest BCUT2D eigenvalue weighted by Crippen LogP contribution is 2.18. The molecule has 6 heteroatoms. The van der Waals surface area contributed by atoms with E-state index in [0.717, 1.165) is 0 Å². The highest BCUT2D eigenvalue weighted by atomic mass is 16.6. The third-order valence-electron chi connectivity index (χ3n) is 2.38. The molecule has 0 fully saturated rings. The van der Waals surface area contributed by atoms with Crippen molar-refractivity contribution < 1.29 is 19.4 Å². The van der Waals surface area contributed by atoms with E-state index in [-0.39, 0.29) is 6.42 Å². The number of aliphatic carboxylic acids is 1. The van der Waals surface area contributed by atoms with E-state index in [4.69, 9.17) is 15.6 Å². The Balaban J connectivity index is 2.63. The van der Waals surface area contributed by atoms with Crippen molar-refractivity contribution in [2.45, 2.75) is 38.8 Å². The molecule has 0 spiro atoms. The van der Waals surface area contributed by atoms with Crippen molar-refractivity contribution in [2.75, 3.05) is 5.32 Å². The second-order valence-electron chi connectivity index (χ2n) is 5.45. The van der Waals surface area contributed by atoms with Gasteiger partial charge in [-0.25, -0.2) is 4.79 Å². The number of hydrogen-bond acceptors (Lipinski definition) is 4. The van der Waals surface area contributed by atoms with E-state index in [0.29, 0.717) is 11.3 Å². The summed E-state index contributed by atoms with van der Waals surface area (Å²) < 4.78 is 5.12. The predicted octanol–water partition coefficient (Wildman–Crippen LogP) is 2.51. The first-order chi connectivity index (χ1) is 9.17. The Bertz CT molecular complexity index is 477. The lowest BCUT2D eigenvalue weighted by Gasteiger charge is -2.19. The van der Waals surface area contributed by atoms with Crippen molar-refractivity contribution >= 4 is 17.7 Å². The highest BCUT2D eigenvalue weighted by molar-refractivity contribution is 5.84. The van der Waals surface area contributed by atoms with Crippen LogP contribution in [0.25, 0.3) is 0 Å². The minimum absolute atomic E-state index is 0.140. The maximum absolute atomic E-state index is 11.6. The number of carboxylic acids is 1. The molecule has 1 atom stereocenters. The molecule has 0 aliphatic rings. The summed E-state index contributed by atoms with van der Waals surface area (Å²) >= 11 is 0. The van der Waals surface area contributed by atoms with Crippen LogP contribution in [0, 0.1) is 0 Å². The number of amides is 1. The number of hydrogen-bond donors (Lipinski definition) is 3. The van der Waals surface area contributed by atoms with Crippen molar-refractivity contribution in [3.8, 4) is 0 Å². The van der Waals surface area contributed by atoms with E-state index in [1.807, 2.05) is 0 Å². The largest absolute Gasteiger partial charge is 0.481 e. The molecule has 0 aliphatic carbocycles. The fourth-order valence-electron chi connectivity index (χ4n) is 1.54. The van der Waals surface area contributed by atoms with Gasteiger partial charge in [0, 0.05) is 11.7 Å². The number of carbonyl (C=O) groups is 2. The molecule has 0 bridgehead atoms. The van der Waals surface area contributed by atoms with Gasteiger partial charge in [-0.3, -0.25) is 10.1 Å². The Morgan fingerprint density at radius 2 is 1.85 bits per heavy atom. The SMILES string of the molecule is CC(C)(C)OC(=O)Nc1ccc([C@@H](N)CC(=O)O)cc1. The molecule has 1 aromatic carbocycles. The number of nitrogens with two attached hydrogens (primary N) is 1. The highest BCUT2D eigenvalue weighted by Gasteiger charge is 2.16. The van der Waals surface area contributed by atoms with E-state index in [1.165, 1.54) is 0 Å². The summed E-state index contributed by atoms with van der Waals surface area (Å²) in [6.45, 7) is 5.34. The van der Waals surface area contributed by atoms with Crippen LogP contribution in [0.4, 0.5) is 10.5 Å². The molecule has 0 radical (unpaired) electrons. The Labute approximate surface area is 117 Å². The number of ether oxygens (including phenoxy) is 1. The fraction of sp³-hybridized carbons (Fsp3) is 0.429. The molecule has 1 amide bonds. The molecular weight excluding hydrogens is 260 g/mol. The van der Waals surface area contributed by atoms with Crippen LogP contribution in [-0.4, -0.2) is 22.8 Å². The first-order valence-electron chi connectivity index (χ1n) is 6.25. The zero-order chi connectivity index (χ0) is 15.3. The first kappa shape index (κ1) is 16.0. The van der Waals surface area contributed by atoms with Crippen molar-refractivity contribution in [1.82, 2.24) is 0 Å². The fourth-order valence-corrected chi connectivity index (χ4v) is 1.54. The number of anilines is 1. The maximum atomic E-state index is 11.6. The average Bonchev–Trinajstić information content (AvgIpc) is 2.26. The number of rotatable bonds is 4. The summed E-state index contributed by atoms with van der Waals surface area (Å²) in [5.74, 6) is -0.951. The number of nitrogens with one attached hydrogen (secondary N) is 1. The van der Waals surface area contributed by atoms with Crippen LogP contribution < -0.4 is 11.1 Å². The third-order valence-corrected chi connectivity index (χ3v) is 2.38. The molecule has 20 heavy (non-hydrogen) atoms. The van der Waals surface area contributed by atoms with E-state index in [1.54, 1.807) is 45.0 Å². The molecule has 6 nitrogen and oxygen atoms in total. The van der Waals surface area contributed by atoms with Crippen molar-refractivity contribution in [2.24, 2.45) is 5.73 Å². The third kappa shape index (κ3) is 5.71. The van der Waals surface area contributed by atoms with Crippen LogP contribution in [-0.2, 0) is 9.53 Å². The zero-order valence-corrected chi connectivity index (χ0v) is 11.8. The summed E-state index contributed by atoms with van der Waals surface area (Å²) in [6.07, 6.45) is -0.682. The Kier molecular flexibility index (Phi) is 5.10. The summed E-state index contributed by atoms with van der Waals surface area (Å²) in [6, 6.07) is 6.10. The smallest absolute Gasteiger partial charge is 0.412 e. The van der Waals surface area contributed by atoms with Gasteiger partial charge < -0.3 is 15.6 Å². The molecule has 0 saturated carbocycles. The van der Waals surface area contributed by atoms with Crippen molar-refractivity contribution in [3.63, 3.8) is 0 Å². The molecule has 0 saturated heterocycles. The number of carbonyl (C=O) groups excluding carboxylic acids is 1. The van der Waals surface area contributed by atoms with Crippen LogP contribution in [0.2, 0.25) is 0 Å². The summed E-state index contributed by atoms with van der Waals surface area (Å²) in [4.78, 5) is 22.1. The van der Waals surface area contributed by atoms with E-state index >= 15 is 0 Å². The van der Waals surface area contributed by atoms with Gasteiger partial charge in [-0.05, 0) is 38.5 Å². The lowest BCUT2D eigenvalue weighted by molar-refractivity contribution is -0.137. The molecule has 0 unspecified atom stereocenters. The van der Waals surface area contributed by atoms with Crippen LogP contribution in [0.3, 0.4) is 0 Å². The number of benzene rings is 1. The molecule has 0 aromatic heterocycles. The van der Waals surface area contributed by atoms with Gasteiger partial charge >= 0.3 is 12.1 Å². The van der Waals surface area contributed by atoms with Crippen LogP contribution >= 0.6 is 0 Å². The van der Waals surface area contributed by atoms with Crippen LogP contribution in [0.5, 0.6) is 0 Å². The van der Waals surface area contributed by atoms with Crippen LogP contribution in [0.15, 0.2) is 24.3 Å². The standard InChI is InChI=1S/C14H20N2O4/c1-14(2,3)20-13(19)16-10-6-4-9(5-7-10)11(15)8-12(17)18/h4-7,11H,8,15H2,1-3H3,(H,16,19)(H,17,18)/t11-/m0/s1. The van der Waals surface area contributed by atoms with Gasteiger partial charge in [0.1, 0.15) is 5.60 Å². The minimum atomic E-state index is -0.951. The minimum Gasteiger partial charge on any atom is -0.481 e. The van der Waals surface area contributed by atoms with Gasteiger partial charge in [0.15, 0.2) is 0 Å². The Morgan fingerprint density at radius 3 is 2.30 bits per heavy atom. The average molecular weight is 280 g/mol. The Hall–Kier alpha value is -2.08.